The molecule has 0 aromatic carbocycles. The first kappa shape index (κ1) is 13.3. The van der Waals surface area contributed by atoms with Crippen LogP contribution in [-0.4, -0.2) is 53.4 Å². The highest BCUT2D eigenvalue weighted by molar-refractivity contribution is 9.09. The number of morpholine rings is 1. The van der Waals surface area contributed by atoms with Crippen molar-refractivity contribution in [1.29, 1.82) is 0 Å². The minimum absolute atomic E-state index is 0.152. The summed E-state index contributed by atoms with van der Waals surface area (Å²) in [5.41, 5.74) is 0. The molecule has 0 aliphatic carbocycles. The summed E-state index contributed by atoms with van der Waals surface area (Å²) in [4.78, 5) is 13.8. The van der Waals surface area contributed by atoms with Gasteiger partial charge in [0.05, 0.1) is 18.8 Å². The van der Waals surface area contributed by atoms with Gasteiger partial charge in [0.2, 0.25) is 5.91 Å². The van der Waals surface area contributed by atoms with E-state index in [0.717, 1.165) is 17.6 Å². The molecule has 88 valence electrons. The smallest absolute Gasteiger partial charge is 0.223 e. The number of thioether (sulfide) groups is 1. The van der Waals surface area contributed by atoms with Crippen molar-refractivity contribution in [1.82, 2.24) is 4.90 Å². The topological polar surface area (TPSA) is 29.5 Å². The Kier molecular flexibility index (Phi) is 6.00. The summed E-state index contributed by atoms with van der Waals surface area (Å²) >= 11 is 5.11. The van der Waals surface area contributed by atoms with Gasteiger partial charge in [0.25, 0.3) is 0 Å². The van der Waals surface area contributed by atoms with Gasteiger partial charge in [0, 0.05) is 24.0 Å². The van der Waals surface area contributed by atoms with Crippen molar-refractivity contribution < 1.29 is 9.53 Å². The predicted molar refractivity (Wildman–Crippen MR) is 67.7 cm³/mol. The molecular formula is C10H18BrNO2S. The molecule has 2 atom stereocenters. The molecule has 0 saturated carbocycles. The van der Waals surface area contributed by atoms with Crippen molar-refractivity contribution >= 4 is 33.6 Å². The average molecular weight is 296 g/mol. The van der Waals surface area contributed by atoms with Crippen LogP contribution in [0.15, 0.2) is 0 Å². The number of alkyl halides is 1. The molecule has 0 bridgehead atoms. The third-order valence-corrected chi connectivity index (χ3v) is 3.85. The Balaban J connectivity index is 2.46. The summed E-state index contributed by atoms with van der Waals surface area (Å²) in [6.45, 7) is 3.42. The lowest BCUT2D eigenvalue weighted by Gasteiger charge is -2.37. The molecule has 1 heterocycles. The summed E-state index contributed by atoms with van der Waals surface area (Å²) in [6.07, 6.45) is 2.82. The van der Waals surface area contributed by atoms with Gasteiger partial charge >= 0.3 is 0 Å². The van der Waals surface area contributed by atoms with Gasteiger partial charge in [-0.1, -0.05) is 15.9 Å². The molecule has 0 N–H and O–H groups in total. The zero-order valence-corrected chi connectivity index (χ0v) is 11.6. The van der Waals surface area contributed by atoms with Gasteiger partial charge in [-0.25, -0.2) is 0 Å². The SMILES string of the molecule is CSCCC(=O)N1CC(CBr)OCC1C. The Morgan fingerprint density at radius 1 is 1.67 bits per heavy atom. The van der Waals surface area contributed by atoms with Crippen molar-refractivity contribution in [2.75, 3.05) is 30.5 Å². The molecule has 0 aromatic rings. The predicted octanol–water partition coefficient (Wildman–Crippen LogP) is 1.75. The lowest BCUT2D eigenvalue weighted by atomic mass is 10.2. The number of hydrogen-bond acceptors (Lipinski definition) is 3. The van der Waals surface area contributed by atoms with Crippen LogP contribution in [0.2, 0.25) is 0 Å². The fourth-order valence-corrected chi connectivity index (χ4v) is 2.36. The van der Waals surface area contributed by atoms with Crippen LogP contribution >= 0.6 is 27.7 Å². The molecule has 15 heavy (non-hydrogen) atoms. The van der Waals surface area contributed by atoms with Gasteiger partial charge in [-0.3, -0.25) is 4.79 Å². The first-order chi connectivity index (χ1) is 7.19. The van der Waals surface area contributed by atoms with Crippen LogP contribution in [0.3, 0.4) is 0 Å². The van der Waals surface area contributed by atoms with Gasteiger partial charge in [0.1, 0.15) is 0 Å². The summed E-state index contributed by atoms with van der Waals surface area (Å²) in [7, 11) is 0. The average Bonchev–Trinajstić information content (AvgIpc) is 2.26. The van der Waals surface area contributed by atoms with Gasteiger partial charge in [-0.05, 0) is 13.2 Å². The largest absolute Gasteiger partial charge is 0.373 e. The van der Waals surface area contributed by atoms with E-state index >= 15 is 0 Å². The van der Waals surface area contributed by atoms with Gasteiger partial charge in [-0.2, -0.15) is 11.8 Å². The molecular weight excluding hydrogens is 278 g/mol. The fourth-order valence-electron chi connectivity index (χ4n) is 1.59. The maximum Gasteiger partial charge on any atom is 0.223 e. The summed E-state index contributed by atoms with van der Waals surface area (Å²) in [5.74, 6) is 1.16. The van der Waals surface area contributed by atoms with Crippen LogP contribution in [0.25, 0.3) is 0 Å². The highest BCUT2D eigenvalue weighted by atomic mass is 79.9. The third-order valence-electron chi connectivity index (χ3n) is 2.52. The summed E-state index contributed by atoms with van der Waals surface area (Å²) in [5, 5.41) is 0.798. The molecule has 0 spiro atoms. The third kappa shape index (κ3) is 3.96. The number of halogens is 1. The molecule has 1 aliphatic rings. The van der Waals surface area contributed by atoms with E-state index in [2.05, 4.69) is 15.9 Å². The second-order valence-electron chi connectivity index (χ2n) is 3.75. The Labute approximate surface area is 104 Å². The highest BCUT2D eigenvalue weighted by Gasteiger charge is 2.28. The van der Waals surface area contributed by atoms with Crippen LogP contribution in [0, 0.1) is 0 Å². The number of carbonyl (C=O) groups excluding carboxylic acids is 1. The second-order valence-corrected chi connectivity index (χ2v) is 5.38. The second kappa shape index (κ2) is 6.76. The molecule has 0 aromatic heterocycles. The van der Waals surface area contributed by atoms with Crippen molar-refractivity contribution in [2.24, 2.45) is 0 Å². The van der Waals surface area contributed by atoms with Gasteiger partial charge in [0.15, 0.2) is 0 Å². The molecule has 1 amide bonds. The highest BCUT2D eigenvalue weighted by Crippen LogP contribution is 2.15. The Bertz CT molecular complexity index is 216. The summed E-state index contributed by atoms with van der Waals surface area (Å²) < 4.78 is 5.58. The Morgan fingerprint density at radius 2 is 2.40 bits per heavy atom. The minimum Gasteiger partial charge on any atom is -0.373 e. The van der Waals surface area contributed by atoms with Crippen LogP contribution in [-0.2, 0) is 9.53 Å². The quantitative estimate of drug-likeness (QED) is 0.740. The lowest BCUT2D eigenvalue weighted by molar-refractivity contribution is -0.142. The maximum absolute atomic E-state index is 11.9. The number of ether oxygens (including phenoxy) is 1. The van der Waals surface area contributed by atoms with Crippen LogP contribution in [0.4, 0.5) is 0 Å². The van der Waals surface area contributed by atoms with E-state index in [9.17, 15) is 4.79 Å². The van der Waals surface area contributed by atoms with E-state index in [0.29, 0.717) is 13.0 Å². The standard InChI is InChI=1S/C10H18BrNO2S/c1-8-7-14-9(5-11)6-12(8)10(13)3-4-15-2/h8-9H,3-7H2,1-2H3. The molecule has 1 fully saturated rings. The molecule has 1 saturated heterocycles. The van der Waals surface area contributed by atoms with Crippen molar-refractivity contribution in [3.05, 3.63) is 0 Å². The lowest BCUT2D eigenvalue weighted by Crippen LogP contribution is -2.51. The van der Waals surface area contributed by atoms with E-state index < -0.39 is 0 Å². The van der Waals surface area contributed by atoms with E-state index in [1.165, 1.54) is 0 Å². The molecule has 1 aliphatic heterocycles. The van der Waals surface area contributed by atoms with E-state index in [1.54, 1.807) is 11.8 Å². The zero-order valence-electron chi connectivity index (χ0n) is 9.24. The molecule has 3 nitrogen and oxygen atoms in total. The van der Waals surface area contributed by atoms with E-state index in [1.807, 2.05) is 18.1 Å². The van der Waals surface area contributed by atoms with Crippen LogP contribution in [0.5, 0.6) is 0 Å². The Morgan fingerprint density at radius 3 is 3.00 bits per heavy atom. The van der Waals surface area contributed by atoms with Crippen LogP contribution < -0.4 is 0 Å². The maximum atomic E-state index is 11.9. The van der Waals surface area contributed by atoms with Gasteiger partial charge < -0.3 is 9.64 Å². The first-order valence-corrected chi connectivity index (χ1v) is 7.66. The minimum atomic E-state index is 0.152. The molecule has 1 rings (SSSR count). The molecule has 5 heteroatoms. The zero-order chi connectivity index (χ0) is 11.3. The first-order valence-electron chi connectivity index (χ1n) is 5.15. The number of amides is 1. The van der Waals surface area contributed by atoms with Crippen molar-refractivity contribution in [3.8, 4) is 0 Å². The number of nitrogens with zero attached hydrogens (tertiary/aromatic N) is 1. The normalized spacial score (nSPS) is 26.7. The Hall–Kier alpha value is 0.260. The van der Waals surface area contributed by atoms with Gasteiger partial charge in [-0.15, -0.1) is 0 Å². The fraction of sp³-hybridized carbons (Fsp3) is 0.900. The number of carbonyl (C=O) groups is 1. The summed E-state index contributed by atoms with van der Waals surface area (Å²) in [6, 6.07) is 0.217. The van der Waals surface area contributed by atoms with Crippen LogP contribution in [0.1, 0.15) is 13.3 Å². The monoisotopic (exact) mass is 295 g/mol. The number of rotatable bonds is 4. The molecule has 0 radical (unpaired) electrons. The van der Waals surface area contributed by atoms with E-state index in [-0.39, 0.29) is 18.1 Å². The molecule has 2 unspecified atom stereocenters. The number of hydrogen-bond donors (Lipinski definition) is 0. The van der Waals surface area contributed by atoms with Crippen molar-refractivity contribution in [3.63, 3.8) is 0 Å². The van der Waals surface area contributed by atoms with Crippen molar-refractivity contribution in [2.45, 2.75) is 25.5 Å². The van der Waals surface area contributed by atoms with E-state index in [4.69, 9.17) is 4.74 Å².